The van der Waals surface area contributed by atoms with Crippen molar-refractivity contribution in [1.29, 1.82) is 0 Å². The van der Waals surface area contributed by atoms with Crippen LogP contribution in [0.3, 0.4) is 0 Å². The van der Waals surface area contributed by atoms with E-state index in [-0.39, 0.29) is 23.5 Å². The molecule has 2 aromatic carbocycles. The van der Waals surface area contributed by atoms with Gasteiger partial charge >= 0.3 is 0 Å². The summed E-state index contributed by atoms with van der Waals surface area (Å²) in [5.74, 6) is -1.32. The molecule has 184 valence electrons. The Morgan fingerprint density at radius 2 is 1.72 bits per heavy atom. The maximum Gasteiger partial charge on any atom is 0.282 e. The van der Waals surface area contributed by atoms with E-state index in [4.69, 9.17) is 0 Å². The molecule has 4 aromatic rings. The minimum atomic E-state index is -0.646. The van der Waals surface area contributed by atoms with Crippen LogP contribution in [0.2, 0.25) is 0 Å². The van der Waals surface area contributed by atoms with E-state index in [9.17, 15) is 18.4 Å². The van der Waals surface area contributed by atoms with E-state index in [2.05, 4.69) is 9.88 Å². The van der Waals surface area contributed by atoms with E-state index >= 15 is 0 Å². The molecule has 2 amide bonds. The summed E-state index contributed by atoms with van der Waals surface area (Å²) < 4.78 is 29.2. The first kappa shape index (κ1) is 22.8. The molecular formula is C26H23F2N5O2S. The molecule has 0 aliphatic carbocycles. The van der Waals surface area contributed by atoms with Crippen LogP contribution >= 0.6 is 11.3 Å². The van der Waals surface area contributed by atoms with E-state index in [0.29, 0.717) is 36.8 Å². The molecule has 2 aliphatic rings. The molecule has 36 heavy (non-hydrogen) atoms. The van der Waals surface area contributed by atoms with Crippen LogP contribution in [0.5, 0.6) is 0 Å². The Balaban J connectivity index is 1.07. The number of amides is 2. The topological polar surface area (TPSA) is 61.7 Å². The monoisotopic (exact) mass is 507 g/mol. The van der Waals surface area contributed by atoms with E-state index in [1.165, 1.54) is 23.5 Å². The normalized spacial score (nSPS) is 16.9. The first-order chi connectivity index (χ1) is 17.5. The maximum absolute atomic E-state index is 14.3. The van der Waals surface area contributed by atoms with Crippen LogP contribution in [0.4, 0.5) is 8.78 Å². The maximum atomic E-state index is 14.3. The number of rotatable bonds is 4. The van der Waals surface area contributed by atoms with Crippen LogP contribution in [-0.4, -0.2) is 81.4 Å². The van der Waals surface area contributed by atoms with Crippen LogP contribution in [0.1, 0.15) is 20.2 Å². The highest BCUT2D eigenvalue weighted by molar-refractivity contribution is 7.11. The minimum absolute atomic E-state index is 0.0125. The van der Waals surface area contributed by atoms with Gasteiger partial charge in [-0.25, -0.2) is 13.8 Å². The van der Waals surface area contributed by atoms with Gasteiger partial charge in [0.15, 0.2) is 5.01 Å². The van der Waals surface area contributed by atoms with Crippen molar-refractivity contribution in [1.82, 2.24) is 24.3 Å². The van der Waals surface area contributed by atoms with Gasteiger partial charge in [0.05, 0.1) is 11.2 Å². The summed E-state index contributed by atoms with van der Waals surface area (Å²) in [5, 5.41) is 3.14. The average Bonchev–Trinajstić information content (AvgIpc) is 3.53. The van der Waals surface area contributed by atoms with Gasteiger partial charge in [-0.3, -0.25) is 14.5 Å². The van der Waals surface area contributed by atoms with E-state index in [1.807, 2.05) is 27.3 Å². The van der Waals surface area contributed by atoms with Gasteiger partial charge in [0.25, 0.3) is 11.8 Å². The Morgan fingerprint density at radius 3 is 2.44 bits per heavy atom. The third kappa shape index (κ3) is 4.06. The van der Waals surface area contributed by atoms with Crippen LogP contribution in [0, 0.1) is 11.6 Å². The van der Waals surface area contributed by atoms with Crippen molar-refractivity contribution in [2.24, 2.45) is 0 Å². The molecule has 2 aliphatic heterocycles. The van der Waals surface area contributed by atoms with Gasteiger partial charge in [0.1, 0.15) is 11.6 Å². The van der Waals surface area contributed by atoms with Gasteiger partial charge in [-0.05, 0) is 36.4 Å². The molecule has 0 bridgehead atoms. The van der Waals surface area contributed by atoms with Gasteiger partial charge in [0.2, 0.25) is 0 Å². The van der Waals surface area contributed by atoms with Crippen molar-refractivity contribution in [2.45, 2.75) is 6.04 Å². The molecule has 0 spiro atoms. The third-order valence-electron chi connectivity index (χ3n) is 6.99. The smallest absolute Gasteiger partial charge is 0.282 e. The van der Waals surface area contributed by atoms with Gasteiger partial charge in [-0.15, -0.1) is 11.3 Å². The summed E-state index contributed by atoms with van der Waals surface area (Å²) >= 11 is 1.36. The van der Waals surface area contributed by atoms with Gasteiger partial charge in [-0.2, -0.15) is 0 Å². The SMILES string of the molecule is O=C(c1ccc2c(ccn2-c2ccc(F)cc2F)c1)N1CC(N2CCN(C(=O)c3nccs3)CC2)C1. The largest absolute Gasteiger partial charge is 0.335 e. The van der Waals surface area contributed by atoms with Crippen molar-refractivity contribution in [3.8, 4) is 5.69 Å². The number of fused-ring (bicyclic) bond motifs is 1. The Kier molecular flexibility index (Phi) is 5.77. The number of nitrogens with zero attached hydrogens (tertiary/aromatic N) is 5. The molecule has 2 aromatic heterocycles. The summed E-state index contributed by atoms with van der Waals surface area (Å²) in [6.45, 7) is 4.18. The number of benzene rings is 2. The van der Waals surface area contributed by atoms with Crippen LogP contribution in [0.25, 0.3) is 16.6 Å². The fraction of sp³-hybridized carbons (Fsp3) is 0.269. The molecule has 2 saturated heterocycles. The summed E-state index contributed by atoms with van der Waals surface area (Å²) in [6, 6.07) is 10.9. The number of aromatic nitrogens is 2. The van der Waals surface area contributed by atoms with E-state index < -0.39 is 11.6 Å². The summed E-state index contributed by atoms with van der Waals surface area (Å²) in [7, 11) is 0. The number of hydrogen-bond acceptors (Lipinski definition) is 5. The molecule has 10 heteroatoms. The second-order valence-electron chi connectivity index (χ2n) is 9.08. The Bertz CT molecular complexity index is 1440. The number of hydrogen-bond donors (Lipinski definition) is 0. The molecule has 7 nitrogen and oxygen atoms in total. The lowest BCUT2D eigenvalue weighted by Crippen LogP contribution is -2.64. The van der Waals surface area contributed by atoms with Crippen molar-refractivity contribution in [2.75, 3.05) is 39.3 Å². The highest BCUT2D eigenvalue weighted by atomic mass is 32.1. The van der Waals surface area contributed by atoms with Crippen LogP contribution < -0.4 is 0 Å². The number of carbonyl (C=O) groups is 2. The predicted molar refractivity (Wildman–Crippen MR) is 132 cm³/mol. The number of piperazine rings is 1. The summed E-state index contributed by atoms with van der Waals surface area (Å²) in [5.41, 5.74) is 1.57. The fourth-order valence-corrected chi connectivity index (χ4v) is 5.55. The van der Waals surface area contributed by atoms with Gasteiger partial charge in [0, 0.05) is 80.1 Å². The predicted octanol–water partition coefficient (Wildman–Crippen LogP) is 3.65. The van der Waals surface area contributed by atoms with E-state index in [1.54, 1.807) is 29.1 Å². The lowest BCUT2D eigenvalue weighted by atomic mass is 10.0. The molecule has 0 N–H and O–H groups in total. The second-order valence-corrected chi connectivity index (χ2v) is 9.98. The highest BCUT2D eigenvalue weighted by Crippen LogP contribution is 2.26. The third-order valence-corrected chi connectivity index (χ3v) is 7.75. The van der Waals surface area contributed by atoms with Crippen LogP contribution in [-0.2, 0) is 0 Å². The fourth-order valence-electron chi connectivity index (χ4n) is 4.95. The van der Waals surface area contributed by atoms with Crippen molar-refractivity contribution < 1.29 is 18.4 Å². The molecule has 4 heterocycles. The molecule has 0 radical (unpaired) electrons. The van der Waals surface area contributed by atoms with Gasteiger partial charge < -0.3 is 14.4 Å². The van der Waals surface area contributed by atoms with Crippen molar-refractivity contribution >= 4 is 34.1 Å². The lowest BCUT2D eigenvalue weighted by molar-refractivity contribution is 0.00854. The summed E-state index contributed by atoms with van der Waals surface area (Å²) in [6.07, 6.45) is 3.36. The highest BCUT2D eigenvalue weighted by Gasteiger charge is 2.37. The quantitative estimate of drug-likeness (QED) is 0.423. The van der Waals surface area contributed by atoms with Crippen molar-refractivity contribution in [3.05, 3.63) is 82.4 Å². The number of halogens is 2. The van der Waals surface area contributed by atoms with E-state index in [0.717, 1.165) is 30.1 Å². The Labute approximate surface area is 210 Å². The molecular weight excluding hydrogens is 484 g/mol. The van der Waals surface area contributed by atoms with Gasteiger partial charge in [-0.1, -0.05) is 0 Å². The Hall–Kier alpha value is -3.63. The number of carbonyl (C=O) groups excluding carboxylic acids is 2. The number of thiazole rings is 1. The average molecular weight is 508 g/mol. The van der Waals surface area contributed by atoms with Crippen LogP contribution in [0.15, 0.2) is 60.2 Å². The molecule has 0 atom stereocenters. The first-order valence-electron chi connectivity index (χ1n) is 11.8. The lowest BCUT2D eigenvalue weighted by Gasteiger charge is -2.48. The zero-order valence-electron chi connectivity index (χ0n) is 19.3. The second kappa shape index (κ2) is 9.11. The molecule has 2 fully saturated rings. The van der Waals surface area contributed by atoms with Crippen molar-refractivity contribution in [3.63, 3.8) is 0 Å². The zero-order valence-corrected chi connectivity index (χ0v) is 20.1. The first-order valence-corrected chi connectivity index (χ1v) is 12.6. The zero-order chi connectivity index (χ0) is 24.8. The molecule has 0 unspecified atom stereocenters. The Morgan fingerprint density at radius 1 is 0.917 bits per heavy atom. The number of likely N-dealkylation sites (tertiary alicyclic amines) is 1. The molecule has 0 saturated carbocycles. The minimum Gasteiger partial charge on any atom is -0.335 e. The standard InChI is InChI=1S/C26H23F2N5O2S/c27-19-2-4-23(21(28)14-19)33-7-5-17-13-18(1-3-22(17)33)25(34)32-15-20(16-32)30-8-10-31(11-9-30)26(35)24-29-6-12-36-24/h1-7,12-14,20H,8-11,15-16H2. The summed E-state index contributed by atoms with van der Waals surface area (Å²) in [4.78, 5) is 35.7. The molecule has 6 rings (SSSR count).